The zero-order chi connectivity index (χ0) is 16.7. The van der Waals surface area contributed by atoms with Crippen LogP contribution in [0.5, 0.6) is 0 Å². The quantitative estimate of drug-likeness (QED) is 0.805. The number of nitrogens with zero attached hydrogens (tertiary/aromatic N) is 3. The normalized spacial score (nSPS) is 21.0. The van der Waals surface area contributed by atoms with Crippen LogP contribution in [0.2, 0.25) is 0 Å². The van der Waals surface area contributed by atoms with Crippen LogP contribution in [0.4, 0.5) is 5.13 Å². The first-order valence-electron chi connectivity index (χ1n) is 7.74. The van der Waals surface area contributed by atoms with E-state index >= 15 is 0 Å². The van der Waals surface area contributed by atoms with E-state index in [1.54, 1.807) is 10.9 Å². The SMILES string of the molecule is Cn1nccc1-c1csc(NC(=O)C(=O)NC2COC3(CC3)C2)n1. The van der Waals surface area contributed by atoms with Crippen molar-refractivity contribution in [3.63, 3.8) is 0 Å². The van der Waals surface area contributed by atoms with Gasteiger partial charge in [-0.05, 0) is 25.3 Å². The van der Waals surface area contributed by atoms with E-state index in [1.165, 1.54) is 11.3 Å². The Hall–Kier alpha value is -2.26. The first-order valence-corrected chi connectivity index (χ1v) is 8.62. The summed E-state index contributed by atoms with van der Waals surface area (Å²) in [6.45, 7) is 0.473. The van der Waals surface area contributed by atoms with Crippen LogP contribution >= 0.6 is 11.3 Å². The predicted octanol–water partition coefficient (Wildman–Crippen LogP) is 0.920. The second-order valence-corrected chi connectivity index (χ2v) is 7.06. The van der Waals surface area contributed by atoms with Crippen molar-refractivity contribution in [2.24, 2.45) is 7.05 Å². The van der Waals surface area contributed by atoms with Gasteiger partial charge < -0.3 is 10.1 Å². The zero-order valence-electron chi connectivity index (χ0n) is 13.1. The molecule has 1 saturated heterocycles. The number of carbonyl (C=O) groups excluding carboxylic acids is 2. The Labute approximate surface area is 142 Å². The first kappa shape index (κ1) is 15.3. The molecule has 8 nitrogen and oxygen atoms in total. The number of anilines is 1. The highest BCUT2D eigenvalue weighted by molar-refractivity contribution is 7.14. The van der Waals surface area contributed by atoms with Gasteiger partial charge in [0.25, 0.3) is 0 Å². The van der Waals surface area contributed by atoms with Gasteiger partial charge in [0.15, 0.2) is 5.13 Å². The molecular weight excluding hydrogens is 330 g/mol. The molecular formula is C15H17N5O3S. The maximum absolute atomic E-state index is 12.0. The van der Waals surface area contributed by atoms with E-state index in [0.717, 1.165) is 25.0 Å². The predicted molar refractivity (Wildman–Crippen MR) is 87.4 cm³/mol. The third-order valence-corrected chi connectivity index (χ3v) is 5.12. The van der Waals surface area contributed by atoms with Crippen LogP contribution in [0.3, 0.4) is 0 Å². The number of carbonyl (C=O) groups is 2. The second kappa shape index (κ2) is 5.67. The lowest BCUT2D eigenvalue weighted by molar-refractivity contribution is -0.136. The van der Waals surface area contributed by atoms with Gasteiger partial charge in [0.1, 0.15) is 5.69 Å². The Bertz CT molecular complexity index is 795. The highest BCUT2D eigenvalue weighted by Crippen LogP contribution is 2.47. The van der Waals surface area contributed by atoms with Crippen LogP contribution in [0.15, 0.2) is 17.6 Å². The van der Waals surface area contributed by atoms with Gasteiger partial charge in [-0.15, -0.1) is 11.3 Å². The first-order chi connectivity index (χ1) is 11.5. The van der Waals surface area contributed by atoms with Crippen LogP contribution in [0.1, 0.15) is 19.3 Å². The maximum Gasteiger partial charge on any atom is 0.315 e. The fourth-order valence-electron chi connectivity index (χ4n) is 2.90. The number of hydrogen-bond acceptors (Lipinski definition) is 6. The summed E-state index contributed by atoms with van der Waals surface area (Å²) < 4.78 is 7.35. The fraction of sp³-hybridized carbons (Fsp3) is 0.467. The molecule has 4 rings (SSSR count). The van der Waals surface area contributed by atoms with Crippen molar-refractivity contribution in [2.45, 2.75) is 30.9 Å². The summed E-state index contributed by atoms with van der Waals surface area (Å²) in [5.74, 6) is -1.36. The van der Waals surface area contributed by atoms with Crippen molar-refractivity contribution in [2.75, 3.05) is 11.9 Å². The molecule has 2 aromatic rings. The summed E-state index contributed by atoms with van der Waals surface area (Å²) in [7, 11) is 1.82. The average Bonchev–Trinajstić information content (AvgIpc) is 2.91. The Morgan fingerprint density at radius 1 is 1.42 bits per heavy atom. The van der Waals surface area contributed by atoms with Gasteiger partial charge in [-0.25, -0.2) is 4.98 Å². The average molecular weight is 347 g/mol. The van der Waals surface area contributed by atoms with Crippen LogP contribution in [-0.2, 0) is 21.4 Å². The zero-order valence-corrected chi connectivity index (χ0v) is 13.9. The van der Waals surface area contributed by atoms with Crippen LogP contribution < -0.4 is 10.6 Å². The molecule has 2 fully saturated rings. The van der Waals surface area contributed by atoms with E-state index in [0.29, 0.717) is 17.4 Å². The molecule has 1 aliphatic carbocycles. The molecule has 126 valence electrons. The second-order valence-electron chi connectivity index (χ2n) is 6.20. The van der Waals surface area contributed by atoms with Gasteiger partial charge in [-0.3, -0.25) is 19.6 Å². The van der Waals surface area contributed by atoms with Crippen LogP contribution in [0.25, 0.3) is 11.4 Å². The summed E-state index contributed by atoms with van der Waals surface area (Å²) in [4.78, 5) is 28.4. The standard InChI is InChI=1S/C15H17N5O3S/c1-20-11(2-5-16-20)10-8-24-14(18-10)19-13(22)12(21)17-9-6-15(3-4-15)23-7-9/h2,5,8-9H,3-4,6-7H2,1H3,(H,17,21)(H,18,19,22). The molecule has 2 N–H and O–H groups in total. The summed E-state index contributed by atoms with van der Waals surface area (Å²) in [5, 5.41) is 11.5. The lowest BCUT2D eigenvalue weighted by atomic mass is 10.1. The Morgan fingerprint density at radius 3 is 2.92 bits per heavy atom. The largest absolute Gasteiger partial charge is 0.373 e. The molecule has 3 heterocycles. The Morgan fingerprint density at radius 2 is 2.25 bits per heavy atom. The van der Waals surface area contributed by atoms with Crippen molar-refractivity contribution in [1.82, 2.24) is 20.1 Å². The topological polar surface area (TPSA) is 98.1 Å². The fourth-order valence-corrected chi connectivity index (χ4v) is 3.60. The minimum Gasteiger partial charge on any atom is -0.373 e. The summed E-state index contributed by atoms with van der Waals surface area (Å²) in [6.07, 6.45) is 4.55. The van der Waals surface area contributed by atoms with Gasteiger partial charge >= 0.3 is 11.8 Å². The third kappa shape index (κ3) is 2.92. The van der Waals surface area contributed by atoms with Crippen LogP contribution in [-0.4, -0.2) is 44.8 Å². The molecule has 2 aromatic heterocycles. The van der Waals surface area contributed by atoms with Crippen molar-refractivity contribution < 1.29 is 14.3 Å². The van der Waals surface area contributed by atoms with Gasteiger partial charge in [0.05, 0.1) is 23.9 Å². The minimum absolute atomic E-state index is 0.0261. The van der Waals surface area contributed by atoms with Gasteiger partial charge in [0.2, 0.25) is 0 Å². The van der Waals surface area contributed by atoms with E-state index in [9.17, 15) is 9.59 Å². The molecule has 0 aromatic carbocycles. The number of thiazole rings is 1. The molecule has 2 amide bonds. The van der Waals surface area contributed by atoms with E-state index in [2.05, 4.69) is 20.7 Å². The highest BCUT2D eigenvalue weighted by atomic mass is 32.1. The molecule has 0 radical (unpaired) electrons. The van der Waals surface area contributed by atoms with Crippen molar-refractivity contribution in [3.8, 4) is 11.4 Å². The molecule has 1 atom stereocenters. The van der Waals surface area contributed by atoms with E-state index in [1.807, 2.05) is 18.5 Å². The van der Waals surface area contributed by atoms with Crippen molar-refractivity contribution in [1.29, 1.82) is 0 Å². The van der Waals surface area contributed by atoms with E-state index in [4.69, 9.17) is 4.74 Å². The van der Waals surface area contributed by atoms with Gasteiger partial charge in [0, 0.05) is 18.6 Å². The van der Waals surface area contributed by atoms with Gasteiger partial charge in [-0.2, -0.15) is 5.10 Å². The van der Waals surface area contributed by atoms with E-state index in [-0.39, 0.29) is 11.6 Å². The Balaban J connectivity index is 1.35. The van der Waals surface area contributed by atoms with Crippen molar-refractivity contribution in [3.05, 3.63) is 17.6 Å². The summed E-state index contributed by atoms with van der Waals surface area (Å²) >= 11 is 1.27. The number of aryl methyl sites for hydroxylation is 1. The number of nitrogens with one attached hydrogen (secondary N) is 2. The molecule has 2 aliphatic rings. The molecule has 1 aliphatic heterocycles. The minimum atomic E-state index is -0.711. The summed E-state index contributed by atoms with van der Waals surface area (Å²) in [5.41, 5.74) is 1.52. The van der Waals surface area contributed by atoms with Crippen molar-refractivity contribution >= 4 is 28.3 Å². The number of rotatable bonds is 3. The number of aromatic nitrogens is 3. The third-order valence-electron chi connectivity index (χ3n) is 4.37. The molecule has 0 bridgehead atoms. The number of amides is 2. The molecule has 24 heavy (non-hydrogen) atoms. The maximum atomic E-state index is 12.0. The number of hydrogen-bond donors (Lipinski definition) is 2. The van der Waals surface area contributed by atoms with Crippen LogP contribution in [0, 0.1) is 0 Å². The lowest BCUT2D eigenvalue weighted by Gasteiger charge is -2.10. The summed E-state index contributed by atoms with van der Waals surface area (Å²) in [6, 6.07) is 1.74. The molecule has 1 unspecified atom stereocenters. The highest BCUT2D eigenvalue weighted by Gasteiger charge is 2.50. The lowest BCUT2D eigenvalue weighted by Crippen LogP contribution is -2.42. The van der Waals surface area contributed by atoms with E-state index < -0.39 is 11.8 Å². The smallest absolute Gasteiger partial charge is 0.315 e. The number of ether oxygens (including phenoxy) is 1. The molecule has 1 saturated carbocycles. The van der Waals surface area contributed by atoms with Gasteiger partial charge in [-0.1, -0.05) is 0 Å². The molecule has 1 spiro atoms. The Kier molecular flexibility index (Phi) is 3.61. The molecule has 9 heteroatoms. The monoisotopic (exact) mass is 347 g/mol.